The van der Waals surface area contributed by atoms with Gasteiger partial charge in [-0.05, 0) is 26.4 Å². The van der Waals surface area contributed by atoms with Gasteiger partial charge in [0.15, 0.2) is 0 Å². The van der Waals surface area contributed by atoms with Crippen molar-refractivity contribution >= 4 is 10.0 Å². The highest BCUT2D eigenvalue weighted by Crippen LogP contribution is 2.15. The summed E-state index contributed by atoms with van der Waals surface area (Å²) in [7, 11) is -1.45. The Morgan fingerprint density at radius 3 is 3.00 bits per heavy atom. The lowest BCUT2D eigenvalue weighted by Crippen LogP contribution is -2.38. The van der Waals surface area contributed by atoms with Gasteiger partial charge in [0.1, 0.15) is 4.90 Å². The SMILES string of the molecule is CN1CCCC1CNS(=O)(=O)c1cnn(CCN)c1. The number of nitrogens with zero attached hydrogens (tertiary/aromatic N) is 3. The van der Waals surface area contributed by atoms with Gasteiger partial charge in [0, 0.05) is 25.3 Å². The molecule has 2 heterocycles. The molecule has 1 aliphatic rings. The smallest absolute Gasteiger partial charge is 0.243 e. The van der Waals surface area contributed by atoms with E-state index in [0.29, 0.717) is 19.6 Å². The van der Waals surface area contributed by atoms with E-state index < -0.39 is 10.0 Å². The van der Waals surface area contributed by atoms with Gasteiger partial charge < -0.3 is 10.6 Å². The summed E-state index contributed by atoms with van der Waals surface area (Å²) in [5.41, 5.74) is 5.40. The van der Waals surface area contributed by atoms with Crippen LogP contribution in [0.1, 0.15) is 12.8 Å². The third-order valence-corrected chi connectivity index (χ3v) is 4.84. The number of sulfonamides is 1. The van der Waals surface area contributed by atoms with E-state index >= 15 is 0 Å². The molecule has 0 amide bonds. The second-order valence-corrected chi connectivity index (χ2v) is 6.62. The van der Waals surface area contributed by atoms with Gasteiger partial charge >= 0.3 is 0 Å². The summed E-state index contributed by atoms with van der Waals surface area (Å²) in [6.07, 6.45) is 5.02. The quantitative estimate of drug-likeness (QED) is 0.715. The Kier molecular flexibility index (Phi) is 4.56. The molecule has 0 saturated carbocycles. The van der Waals surface area contributed by atoms with E-state index in [1.54, 1.807) is 0 Å². The molecule has 1 unspecified atom stereocenters. The summed E-state index contributed by atoms with van der Waals surface area (Å²) < 4.78 is 28.4. The van der Waals surface area contributed by atoms with Gasteiger partial charge in [-0.25, -0.2) is 13.1 Å². The largest absolute Gasteiger partial charge is 0.329 e. The minimum Gasteiger partial charge on any atom is -0.329 e. The van der Waals surface area contributed by atoms with Crippen molar-refractivity contribution in [3.8, 4) is 0 Å². The number of nitrogens with two attached hydrogens (primary N) is 1. The first-order chi connectivity index (χ1) is 9.03. The molecule has 19 heavy (non-hydrogen) atoms. The van der Waals surface area contributed by atoms with Crippen molar-refractivity contribution in [2.75, 3.05) is 26.7 Å². The normalized spacial score (nSPS) is 21.1. The Morgan fingerprint density at radius 2 is 2.37 bits per heavy atom. The van der Waals surface area contributed by atoms with Crippen LogP contribution in [0, 0.1) is 0 Å². The maximum atomic E-state index is 12.1. The molecule has 0 radical (unpaired) electrons. The highest BCUT2D eigenvalue weighted by Gasteiger charge is 2.24. The predicted molar refractivity (Wildman–Crippen MR) is 72.1 cm³/mol. The number of hydrogen-bond donors (Lipinski definition) is 2. The Hall–Kier alpha value is -0.960. The predicted octanol–water partition coefficient (Wildman–Crippen LogP) is -0.786. The average Bonchev–Trinajstić information content (AvgIpc) is 2.97. The van der Waals surface area contributed by atoms with Crippen LogP contribution in [0.5, 0.6) is 0 Å². The zero-order chi connectivity index (χ0) is 13.9. The van der Waals surface area contributed by atoms with Crippen molar-refractivity contribution in [1.82, 2.24) is 19.4 Å². The highest BCUT2D eigenvalue weighted by molar-refractivity contribution is 7.89. The Labute approximate surface area is 113 Å². The summed E-state index contributed by atoms with van der Waals surface area (Å²) in [6, 6.07) is 0.286. The van der Waals surface area contributed by atoms with Crippen molar-refractivity contribution in [1.29, 1.82) is 0 Å². The molecule has 2 rings (SSSR count). The van der Waals surface area contributed by atoms with Gasteiger partial charge in [-0.1, -0.05) is 0 Å². The van der Waals surface area contributed by atoms with Crippen LogP contribution in [0.4, 0.5) is 0 Å². The van der Waals surface area contributed by atoms with Gasteiger partial charge in [0.25, 0.3) is 0 Å². The standard InChI is InChI=1S/C11H21N5O2S/c1-15-5-2-3-10(15)7-14-19(17,18)11-8-13-16(9-11)6-4-12/h8-10,14H,2-7,12H2,1H3. The van der Waals surface area contributed by atoms with E-state index in [1.165, 1.54) is 17.1 Å². The van der Waals surface area contributed by atoms with Crippen LogP contribution in [0.15, 0.2) is 17.3 Å². The molecule has 3 N–H and O–H groups in total. The molecule has 0 bridgehead atoms. The van der Waals surface area contributed by atoms with Crippen molar-refractivity contribution in [3.05, 3.63) is 12.4 Å². The molecule has 0 aliphatic carbocycles. The lowest BCUT2D eigenvalue weighted by Gasteiger charge is -2.19. The molecular weight excluding hydrogens is 266 g/mol. The van der Waals surface area contributed by atoms with E-state index in [-0.39, 0.29) is 10.9 Å². The number of rotatable bonds is 6. The molecule has 1 aromatic rings. The fourth-order valence-electron chi connectivity index (χ4n) is 2.26. The average molecular weight is 287 g/mol. The Morgan fingerprint density at radius 1 is 1.58 bits per heavy atom. The molecule has 1 atom stereocenters. The zero-order valence-electron chi connectivity index (χ0n) is 11.1. The number of hydrogen-bond acceptors (Lipinski definition) is 5. The van der Waals surface area contributed by atoms with Crippen molar-refractivity contribution in [3.63, 3.8) is 0 Å². The maximum absolute atomic E-state index is 12.1. The van der Waals surface area contributed by atoms with Crippen LogP contribution in [0.2, 0.25) is 0 Å². The van der Waals surface area contributed by atoms with E-state index in [4.69, 9.17) is 5.73 Å². The molecule has 1 aliphatic heterocycles. The maximum Gasteiger partial charge on any atom is 0.243 e. The van der Waals surface area contributed by atoms with Crippen LogP contribution in [0.25, 0.3) is 0 Å². The summed E-state index contributed by atoms with van der Waals surface area (Å²) in [4.78, 5) is 2.38. The molecule has 108 valence electrons. The van der Waals surface area contributed by atoms with Gasteiger partial charge in [0.05, 0.1) is 12.7 Å². The fourth-order valence-corrected chi connectivity index (χ4v) is 3.29. The van der Waals surface area contributed by atoms with Gasteiger partial charge in [0.2, 0.25) is 10.0 Å². The molecule has 1 aromatic heterocycles. The second-order valence-electron chi connectivity index (χ2n) is 4.86. The van der Waals surface area contributed by atoms with Crippen LogP contribution in [0.3, 0.4) is 0 Å². The Bertz CT molecular complexity index is 513. The van der Waals surface area contributed by atoms with E-state index in [0.717, 1.165) is 19.4 Å². The van der Waals surface area contributed by atoms with Crippen LogP contribution in [-0.2, 0) is 16.6 Å². The molecular formula is C11H21N5O2S. The fraction of sp³-hybridized carbons (Fsp3) is 0.727. The van der Waals surface area contributed by atoms with Gasteiger partial charge in [-0.2, -0.15) is 5.10 Å². The number of likely N-dealkylation sites (tertiary alicyclic amines) is 1. The van der Waals surface area contributed by atoms with Crippen LogP contribution < -0.4 is 10.5 Å². The first-order valence-corrected chi connectivity index (χ1v) is 7.93. The molecule has 0 spiro atoms. The number of likely N-dealkylation sites (N-methyl/N-ethyl adjacent to an activating group) is 1. The summed E-state index contributed by atoms with van der Waals surface area (Å²) in [5.74, 6) is 0. The first-order valence-electron chi connectivity index (χ1n) is 6.45. The van der Waals surface area contributed by atoms with Crippen molar-refractivity contribution < 1.29 is 8.42 Å². The third-order valence-electron chi connectivity index (χ3n) is 3.46. The Balaban J connectivity index is 1.97. The third kappa shape index (κ3) is 3.53. The summed E-state index contributed by atoms with van der Waals surface area (Å²) in [5, 5.41) is 3.97. The second kappa shape index (κ2) is 6.00. The lowest BCUT2D eigenvalue weighted by molar-refractivity contribution is 0.311. The van der Waals surface area contributed by atoms with Gasteiger partial charge in [-0.3, -0.25) is 4.68 Å². The minimum absolute atomic E-state index is 0.196. The van der Waals surface area contributed by atoms with E-state index in [2.05, 4.69) is 14.7 Å². The van der Waals surface area contributed by atoms with E-state index in [9.17, 15) is 8.42 Å². The first kappa shape index (κ1) is 14.4. The molecule has 8 heteroatoms. The van der Waals surface area contributed by atoms with Crippen LogP contribution >= 0.6 is 0 Å². The lowest BCUT2D eigenvalue weighted by atomic mass is 10.2. The summed E-state index contributed by atoms with van der Waals surface area (Å²) in [6.45, 7) is 2.42. The highest BCUT2D eigenvalue weighted by atomic mass is 32.2. The molecule has 0 aromatic carbocycles. The minimum atomic E-state index is -3.47. The van der Waals surface area contributed by atoms with Crippen molar-refractivity contribution in [2.24, 2.45) is 5.73 Å². The zero-order valence-corrected chi connectivity index (χ0v) is 11.9. The summed E-state index contributed by atoms with van der Waals surface area (Å²) >= 11 is 0. The van der Waals surface area contributed by atoms with Crippen LogP contribution in [-0.4, -0.2) is 55.8 Å². The number of aromatic nitrogens is 2. The molecule has 7 nitrogen and oxygen atoms in total. The van der Waals surface area contributed by atoms with Gasteiger partial charge in [-0.15, -0.1) is 0 Å². The monoisotopic (exact) mass is 287 g/mol. The molecule has 1 saturated heterocycles. The van der Waals surface area contributed by atoms with E-state index in [1.807, 2.05) is 7.05 Å². The molecule has 1 fully saturated rings. The van der Waals surface area contributed by atoms with Crippen molar-refractivity contribution in [2.45, 2.75) is 30.3 Å². The topological polar surface area (TPSA) is 93.2 Å². The number of nitrogens with one attached hydrogen (secondary N) is 1.